The number of hydrogen-bond donors (Lipinski definition) is 1. The largest absolute Gasteiger partial charge is 0.477 e. The number of amides is 1. The molecule has 138 valence electrons. The van der Waals surface area contributed by atoms with E-state index in [2.05, 4.69) is 5.32 Å². The Labute approximate surface area is 170 Å². The van der Waals surface area contributed by atoms with Gasteiger partial charge in [-0.2, -0.15) is 0 Å². The molecule has 1 amide bonds. The molecule has 1 atom stereocenters. The predicted octanol–water partition coefficient (Wildman–Crippen LogP) is 5.25. The Bertz CT molecular complexity index is 828. The van der Waals surface area contributed by atoms with Crippen LogP contribution in [0.4, 0.5) is 5.69 Å². The number of benzene rings is 2. The summed E-state index contributed by atoms with van der Waals surface area (Å²) in [5.41, 5.74) is 0.317. The summed E-state index contributed by atoms with van der Waals surface area (Å²) in [7, 11) is 0. The topological polar surface area (TPSA) is 64.6 Å². The number of carbonyl (C=O) groups excluding carboxylic acids is 2. The molecule has 9 heteroatoms. The summed E-state index contributed by atoms with van der Waals surface area (Å²) in [5.74, 6) is -1.03. The van der Waals surface area contributed by atoms with E-state index in [0.29, 0.717) is 20.8 Å². The Morgan fingerprint density at radius 2 is 1.65 bits per heavy atom. The second-order valence-corrected chi connectivity index (χ2v) is 6.80. The fraction of sp³-hybridized carbons (Fsp3) is 0.176. The van der Waals surface area contributed by atoms with Crippen molar-refractivity contribution in [2.24, 2.45) is 0 Å². The van der Waals surface area contributed by atoms with Gasteiger partial charge in [0.25, 0.3) is 5.91 Å². The molecule has 0 saturated carbocycles. The van der Waals surface area contributed by atoms with Crippen LogP contribution in [0.2, 0.25) is 20.1 Å². The third-order valence-corrected chi connectivity index (χ3v) is 4.17. The van der Waals surface area contributed by atoms with Gasteiger partial charge in [0.1, 0.15) is 5.75 Å². The van der Waals surface area contributed by atoms with Gasteiger partial charge in [-0.1, -0.05) is 46.4 Å². The van der Waals surface area contributed by atoms with E-state index in [4.69, 9.17) is 55.9 Å². The third-order valence-electron chi connectivity index (χ3n) is 3.08. The molecule has 0 aliphatic rings. The molecule has 0 aliphatic carbocycles. The second kappa shape index (κ2) is 9.33. The molecule has 0 heterocycles. The van der Waals surface area contributed by atoms with Crippen molar-refractivity contribution < 1.29 is 19.1 Å². The van der Waals surface area contributed by atoms with Crippen LogP contribution in [0.1, 0.15) is 6.92 Å². The average Bonchev–Trinajstić information content (AvgIpc) is 2.58. The first-order chi connectivity index (χ1) is 12.3. The predicted molar refractivity (Wildman–Crippen MR) is 103 cm³/mol. The average molecular weight is 437 g/mol. The van der Waals surface area contributed by atoms with Crippen molar-refractivity contribution >= 4 is 64.0 Å². The fourth-order valence-corrected chi connectivity index (χ4v) is 2.63. The van der Waals surface area contributed by atoms with Crippen molar-refractivity contribution in [2.45, 2.75) is 13.0 Å². The van der Waals surface area contributed by atoms with Crippen molar-refractivity contribution in [1.29, 1.82) is 0 Å². The van der Waals surface area contributed by atoms with Gasteiger partial charge in [0, 0.05) is 10.0 Å². The van der Waals surface area contributed by atoms with Crippen LogP contribution in [0.3, 0.4) is 0 Å². The van der Waals surface area contributed by atoms with E-state index in [1.807, 2.05) is 0 Å². The van der Waals surface area contributed by atoms with Gasteiger partial charge in [-0.05, 0) is 43.3 Å². The van der Waals surface area contributed by atoms with Gasteiger partial charge in [-0.3, -0.25) is 4.79 Å². The van der Waals surface area contributed by atoms with Crippen LogP contribution in [0.5, 0.6) is 5.75 Å². The lowest BCUT2D eigenvalue weighted by atomic mass is 10.3. The minimum atomic E-state index is -0.976. The summed E-state index contributed by atoms with van der Waals surface area (Å²) in [6, 6.07) is 9.19. The van der Waals surface area contributed by atoms with Gasteiger partial charge in [0.15, 0.2) is 12.7 Å². The third kappa shape index (κ3) is 5.95. The lowest BCUT2D eigenvalue weighted by molar-refractivity contribution is -0.153. The lowest BCUT2D eigenvalue weighted by Crippen LogP contribution is -2.29. The highest BCUT2D eigenvalue weighted by Gasteiger charge is 2.19. The van der Waals surface area contributed by atoms with E-state index in [0.717, 1.165) is 0 Å². The minimum Gasteiger partial charge on any atom is -0.477 e. The summed E-state index contributed by atoms with van der Waals surface area (Å²) in [6.45, 7) is 0.961. The van der Waals surface area contributed by atoms with Crippen LogP contribution in [-0.4, -0.2) is 24.6 Å². The van der Waals surface area contributed by atoms with Crippen LogP contribution in [0, 0.1) is 0 Å². The number of anilines is 1. The van der Waals surface area contributed by atoms with Crippen molar-refractivity contribution in [3.05, 3.63) is 56.5 Å². The Hall–Kier alpha value is -1.66. The molecule has 0 unspecified atom stereocenters. The van der Waals surface area contributed by atoms with Gasteiger partial charge in [-0.15, -0.1) is 0 Å². The molecule has 2 rings (SSSR count). The molecule has 26 heavy (non-hydrogen) atoms. The molecule has 2 aromatic carbocycles. The molecule has 2 aromatic rings. The first-order valence-corrected chi connectivity index (χ1v) is 8.80. The standard InChI is InChI=1S/C17H13Cl4NO4/c1-9(26-15-5-3-10(18)6-13(15)21)17(24)25-8-16(23)22-14-7-11(19)2-4-12(14)20/h2-7,9H,8H2,1H3,(H,22,23)/t9-/m1/s1. The van der Waals surface area contributed by atoms with Crippen molar-refractivity contribution in [3.63, 3.8) is 0 Å². The van der Waals surface area contributed by atoms with Crippen LogP contribution < -0.4 is 10.1 Å². The van der Waals surface area contributed by atoms with E-state index in [1.54, 1.807) is 12.1 Å². The molecule has 0 bridgehead atoms. The van der Waals surface area contributed by atoms with Crippen LogP contribution in [0.25, 0.3) is 0 Å². The quantitative estimate of drug-likeness (QED) is 0.628. The normalized spacial score (nSPS) is 11.6. The monoisotopic (exact) mass is 435 g/mol. The highest BCUT2D eigenvalue weighted by Crippen LogP contribution is 2.28. The lowest BCUT2D eigenvalue weighted by Gasteiger charge is -2.15. The molecule has 0 saturated heterocycles. The Balaban J connectivity index is 1.87. The number of hydrogen-bond acceptors (Lipinski definition) is 4. The molecule has 0 radical (unpaired) electrons. The maximum absolute atomic E-state index is 12.0. The molecule has 0 fully saturated rings. The molecular formula is C17H13Cl4NO4. The zero-order valence-electron chi connectivity index (χ0n) is 13.4. The number of ether oxygens (including phenoxy) is 2. The summed E-state index contributed by atoms with van der Waals surface area (Å²) in [5, 5.41) is 3.91. The molecule has 5 nitrogen and oxygen atoms in total. The summed E-state index contributed by atoms with van der Waals surface area (Å²) >= 11 is 23.6. The van der Waals surface area contributed by atoms with E-state index >= 15 is 0 Å². The highest BCUT2D eigenvalue weighted by molar-refractivity contribution is 6.36. The molecule has 0 spiro atoms. The zero-order valence-corrected chi connectivity index (χ0v) is 16.4. The van der Waals surface area contributed by atoms with Crippen molar-refractivity contribution in [2.75, 3.05) is 11.9 Å². The number of rotatable bonds is 6. The fourth-order valence-electron chi connectivity index (χ4n) is 1.84. The van der Waals surface area contributed by atoms with Crippen molar-refractivity contribution in [3.8, 4) is 5.75 Å². The maximum atomic E-state index is 12.0. The van der Waals surface area contributed by atoms with Gasteiger partial charge in [0.2, 0.25) is 0 Å². The summed E-state index contributed by atoms with van der Waals surface area (Å²) in [6.07, 6.45) is -0.976. The van der Waals surface area contributed by atoms with Gasteiger partial charge in [-0.25, -0.2) is 4.79 Å². The smallest absolute Gasteiger partial charge is 0.347 e. The van der Waals surface area contributed by atoms with E-state index < -0.39 is 24.6 Å². The number of esters is 1. The number of halogens is 4. The second-order valence-electron chi connectivity index (χ2n) is 5.11. The van der Waals surface area contributed by atoms with Crippen LogP contribution in [0.15, 0.2) is 36.4 Å². The van der Waals surface area contributed by atoms with E-state index in [1.165, 1.54) is 31.2 Å². The summed E-state index contributed by atoms with van der Waals surface area (Å²) < 4.78 is 10.3. The molecule has 0 aliphatic heterocycles. The van der Waals surface area contributed by atoms with Crippen molar-refractivity contribution in [1.82, 2.24) is 0 Å². The first-order valence-electron chi connectivity index (χ1n) is 7.29. The van der Waals surface area contributed by atoms with Crippen LogP contribution >= 0.6 is 46.4 Å². The minimum absolute atomic E-state index is 0.255. The van der Waals surface area contributed by atoms with Gasteiger partial charge in [0.05, 0.1) is 15.7 Å². The maximum Gasteiger partial charge on any atom is 0.347 e. The summed E-state index contributed by atoms with van der Waals surface area (Å²) in [4.78, 5) is 23.8. The molecule has 0 aromatic heterocycles. The first kappa shape index (κ1) is 20.6. The number of nitrogens with one attached hydrogen (secondary N) is 1. The molecular weight excluding hydrogens is 424 g/mol. The van der Waals surface area contributed by atoms with Gasteiger partial charge >= 0.3 is 5.97 Å². The Morgan fingerprint density at radius 1 is 1.00 bits per heavy atom. The zero-order chi connectivity index (χ0) is 19.3. The van der Waals surface area contributed by atoms with E-state index in [9.17, 15) is 9.59 Å². The Morgan fingerprint density at radius 3 is 2.35 bits per heavy atom. The van der Waals surface area contributed by atoms with Crippen LogP contribution in [-0.2, 0) is 14.3 Å². The highest BCUT2D eigenvalue weighted by atomic mass is 35.5. The number of carbonyl (C=O) groups is 2. The van der Waals surface area contributed by atoms with Gasteiger partial charge < -0.3 is 14.8 Å². The Kier molecular flexibility index (Phi) is 7.41. The SMILES string of the molecule is C[C@@H](Oc1ccc(Cl)cc1Cl)C(=O)OCC(=O)Nc1cc(Cl)ccc1Cl. The van der Waals surface area contributed by atoms with E-state index in [-0.39, 0.29) is 10.8 Å². The molecule has 1 N–H and O–H groups in total.